The minimum Gasteiger partial charge on any atom is -0.481 e. The summed E-state index contributed by atoms with van der Waals surface area (Å²) in [5.74, 6) is 0.328. The summed E-state index contributed by atoms with van der Waals surface area (Å²) in [5.41, 5.74) is 5.41. The first-order valence-electron chi connectivity index (χ1n) is 13.9. The van der Waals surface area contributed by atoms with Crippen molar-refractivity contribution in [2.45, 2.75) is 20.8 Å². The quantitative estimate of drug-likeness (QED) is 0.153. The highest BCUT2D eigenvalue weighted by molar-refractivity contribution is 7.18. The van der Waals surface area contributed by atoms with E-state index >= 15 is 0 Å². The van der Waals surface area contributed by atoms with E-state index in [1.54, 1.807) is 11.3 Å². The summed E-state index contributed by atoms with van der Waals surface area (Å²) in [6.07, 6.45) is 2.09. The lowest BCUT2D eigenvalue weighted by molar-refractivity contribution is -0.135. The number of hydrogen-bond acceptors (Lipinski definition) is 9. The third-order valence-electron chi connectivity index (χ3n) is 6.21. The number of H-pyrrole nitrogens is 1. The van der Waals surface area contributed by atoms with E-state index in [4.69, 9.17) is 34.1 Å². The third kappa shape index (κ3) is 8.80. The first-order valence-corrected chi connectivity index (χ1v) is 14.7. The lowest BCUT2D eigenvalue weighted by Gasteiger charge is -2.03. The number of thiophene rings is 1. The van der Waals surface area contributed by atoms with Crippen LogP contribution in [0.5, 0.6) is 0 Å². The monoisotopic (exact) mass is 631 g/mol. The molecule has 5 heterocycles. The summed E-state index contributed by atoms with van der Waals surface area (Å²) >= 11 is 1.75. The van der Waals surface area contributed by atoms with Gasteiger partial charge in [0.15, 0.2) is 0 Å². The Hall–Kier alpha value is -5.43. The highest BCUT2D eigenvalue weighted by Crippen LogP contribution is 2.39. The van der Waals surface area contributed by atoms with Crippen molar-refractivity contribution in [3.05, 3.63) is 71.9 Å². The van der Waals surface area contributed by atoms with Crippen molar-refractivity contribution in [1.82, 2.24) is 15.6 Å². The van der Waals surface area contributed by atoms with Crippen LogP contribution in [-0.2, 0) is 14.4 Å². The fourth-order valence-electron chi connectivity index (χ4n) is 4.57. The van der Waals surface area contributed by atoms with Crippen molar-refractivity contribution >= 4 is 62.8 Å². The van der Waals surface area contributed by atoms with Gasteiger partial charge < -0.3 is 35.4 Å². The van der Waals surface area contributed by atoms with Crippen LogP contribution >= 0.6 is 11.3 Å². The molecule has 45 heavy (non-hydrogen) atoms. The molecule has 0 bridgehead atoms. The molecule has 13 heteroatoms. The second kappa shape index (κ2) is 14.8. The molecule has 0 fully saturated rings. The first kappa shape index (κ1) is 32.5. The number of amidine groups is 2. The van der Waals surface area contributed by atoms with Crippen LogP contribution in [0, 0.1) is 0 Å². The molecule has 0 spiro atoms. The van der Waals surface area contributed by atoms with E-state index in [0.29, 0.717) is 0 Å². The maximum Gasteiger partial charge on any atom is 0.300 e. The van der Waals surface area contributed by atoms with Gasteiger partial charge in [-0.3, -0.25) is 24.4 Å². The van der Waals surface area contributed by atoms with Crippen LogP contribution in [-0.4, -0.2) is 76.1 Å². The van der Waals surface area contributed by atoms with Crippen LogP contribution in [0.1, 0.15) is 31.9 Å². The average Bonchev–Trinajstić information content (AvgIpc) is 3.81. The maximum atomic E-state index is 9.00. The highest BCUT2D eigenvalue weighted by atomic mass is 32.1. The van der Waals surface area contributed by atoms with Crippen molar-refractivity contribution in [1.29, 1.82) is 0 Å². The summed E-state index contributed by atoms with van der Waals surface area (Å²) in [5, 5.41) is 31.2. The van der Waals surface area contributed by atoms with Crippen LogP contribution in [0.3, 0.4) is 0 Å². The maximum absolute atomic E-state index is 9.00. The minimum absolute atomic E-state index is 0.829. The van der Waals surface area contributed by atoms with Crippen LogP contribution in [0.4, 0.5) is 0 Å². The number of aromatic nitrogens is 1. The minimum atomic E-state index is -0.833. The molecule has 0 unspecified atom stereocenters. The molecule has 0 aliphatic carbocycles. The molecule has 7 rings (SSSR count). The highest BCUT2D eigenvalue weighted by Gasteiger charge is 2.16. The van der Waals surface area contributed by atoms with Crippen molar-refractivity contribution < 1.29 is 34.1 Å². The molecule has 0 saturated carbocycles. The molecule has 3 aromatic heterocycles. The molecule has 5 aromatic rings. The molecule has 0 atom stereocenters. The Balaban J connectivity index is 0.000000333. The van der Waals surface area contributed by atoms with Crippen molar-refractivity contribution in [3.63, 3.8) is 0 Å². The molecule has 6 N–H and O–H groups in total. The fourth-order valence-corrected chi connectivity index (χ4v) is 5.56. The zero-order valence-electron chi connectivity index (χ0n) is 24.9. The van der Waals surface area contributed by atoms with Crippen LogP contribution in [0.2, 0.25) is 0 Å². The van der Waals surface area contributed by atoms with Gasteiger partial charge in [0, 0.05) is 77.9 Å². The number of carbonyl (C=O) groups is 3. The summed E-state index contributed by atoms with van der Waals surface area (Å²) in [4.78, 5) is 41.8. The Morgan fingerprint density at radius 1 is 0.756 bits per heavy atom. The number of furan rings is 1. The number of aliphatic imine (C=N–C) groups is 2. The van der Waals surface area contributed by atoms with E-state index in [1.807, 2.05) is 0 Å². The fraction of sp³-hybridized carbons (Fsp3) is 0.219. The smallest absolute Gasteiger partial charge is 0.300 e. The van der Waals surface area contributed by atoms with E-state index in [0.717, 1.165) is 96.9 Å². The lowest BCUT2D eigenvalue weighted by atomic mass is 10.1. The second-order valence-corrected chi connectivity index (χ2v) is 10.9. The summed E-state index contributed by atoms with van der Waals surface area (Å²) in [7, 11) is 0. The summed E-state index contributed by atoms with van der Waals surface area (Å²) in [6.45, 7) is 6.73. The Kier molecular flexibility index (Phi) is 10.7. The molecular weight excluding hydrogens is 598 g/mol. The normalized spacial score (nSPS) is 13.1. The molecule has 2 aliphatic rings. The van der Waals surface area contributed by atoms with Crippen LogP contribution in [0.25, 0.3) is 43.0 Å². The van der Waals surface area contributed by atoms with Crippen LogP contribution in [0.15, 0.2) is 75.2 Å². The Bertz CT molecular complexity index is 1860. The Morgan fingerprint density at radius 3 is 1.89 bits per heavy atom. The third-order valence-corrected chi connectivity index (χ3v) is 7.34. The van der Waals surface area contributed by atoms with Gasteiger partial charge in [-0.15, -0.1) is 11.3 Å². The predicted octanol–water partition coefficient (Wildman–Crippen LogP) is 5.28. The SMILES string of the molecule is CC(=O)O.CC(=O)O.CC(=O)O.c1cc2c(-c3ccc(-c4cc5ccc(C6=NCCN6)cc5o4)s3)c[nH]c2cc1C1=NCCN1. The van der Waals surface area contributed by atoms with Gasteiger partial charge in [0.2, 0.25) is 0 Å². The van der Waals surface area contributed by atoms with E-state index in [2.05, 4.69) is 86.4 Å². The molecule has 0 radical (unpaired) electrons. The predicted molar refractivity (Wildman–Crippen MR) is 176 cm³/mol. The first-order chi connectivity index (χ1) is 21.5. The van der Waals surface area contributed by atoms with E-state index in [1.165, 1.54) is 15.8 Å². The number of benzene rings is 2. The zero-order chi connectivity index (χ0) is 32.5. The van der Waals surface area contributed by atoms with Crippen LogP contribution < -0.4 is 10.6 Å². The number of nitrogens with one attached hydrogen (secondary N) is 3. The number of hydrogen-bond donors (Lipinski definition) is 6. The van der Waals surface area contributed by atoms with Crippen molar-refractivity contribution in [3.8, 4) is 21.1 Å². The lowest BCUT2D eigenvalue weighted by Crippen LogP contribution is -2.19. The standard InChI is InChI=1S/C26H21N5OS.3C2H4O2/c1-2-17(26-29-9-10-30-26)13-21-15(1)12-22(32-21)24-6-5-23(33-24)19-14-31-20-11-16(3-4-18(19)20)25-27-7-8-28-25;3*1-2(3)4/h1-6,11-14,31H,7-10H2,(H,27,28)(H,29,30);3*1H3,(H,3,4). The van der Waals surface area contributed by atoms with Gasteiger partial charge in [-0.1, -0.05) is 24.3 Å². The van der Waals surface area contributed by atoms with Gasteiger partial charge in [0.05, 0.1) is 18.0 Å². The van der Waals surface area contributed by atoms with Gasteiger partial charge in [-0.25, -0.2) is 0 Å². The Labute approximate surface area is 262 Å². The van der Waals surface area contributed by atoms with Crippen molar-refractivity contribution in [2.24, 2.45) is 9.98 Å². The number of carboxylic acid groups (broad SMARTS) is 3. The molecule has 2 aromatic carbocycles. The largest absolute Gasteiger partial charge is 0.481 e. The Morgan fingerprint density at radius 2 is 1.31 bits per heavy atom. The van der Waals surface area contributed by atoms with Gasteiger partial charge in [0.25, 0.3) is 17.9 Å². The molecule has 0 saturated heterocycles. The van der Waals surface area contributed by atoms with E-state index in [9.17, 15) is 0 Å². The van der Waals surface area contributed by atoms with Gasteiger partial charge in [0.1, 0.15) is 23.0 Å². The molecule has 12 nitrogen and oxygen atoms in total. The number of aliphatic carboxylic acids is 3. The molecule has 0 amide bonds. The van der Waals surface area contributed by atoms with E-state index in [-0.39, 0.29) is 0 Å². The second-order valence-electron chi connectivity index (χ2n) is 9.86. The molecular formula is C32H33N5O7S. The number of carboxylic acids is 3. The zero-order valence-corrected chi connectivity index (χ0v) is 25.7. The average molecular weight is 632 g/mol. The van der Waals surface area contributed by atoms with Crippen molar-refractivity contribution in [2.75, 3.05) is 26.2 Å². The number of fused-ring (bicyclic) bond motifs is 2. The summed E-state index contributed by atoms with van der Waals surface area (Å²) in [6, 6.07) is 19.2. The topological polar surface area (TPSA) is 190 Å². The number of rotatable bonds is 4. The molecule has 2 aliphatic heterocycles. The summed E-state index contributed by atoms with van der Waals surface area (Å²) < 4.78 is 6.24. The van der Waals surface area contributed by atoms with Gasteiger partial charge in [-0.05, 0) is 30.3 Å². The number of nitrogens with zero attached hydrogens (tertiary/aromatic N) is 2. The molecule has 234 valence electrons. The van der Waals surface area contributed by atoms with E-state index < -0.39 is 17.9 Å². The number of aromatic amines is 1. The van der Waals surface area contributed by atoms with Gasteiger partial charge in [-0.2, -0.15) is 0 Å². The van der Waals surface area contributed by atoms with Gasteiger partial charge >= 0.3 is 0 Å².